The highest BCUT2D eigenvalue weighted by Crippen LogP contribution is 2.54. The number of hydrogen-bond donors (Lipinski definition) is 2. The number of carboxylic acid groups (broad SMARTS) is 1. The summed E-state index contributed by atoms with van der Waals surface area (Å²) in [7, 11) is -4.03. The number of benzene rings is 3. The summed E-state index contributed by atoms with van der Waals surface area (Å²) in [6.07, 6.45) is 0.191. The molecule has 2 unspecified atom stereocenters. The van der Waals surface area contributed by atoms with Crippen molar-refractivity contribution in [2.24, 2.45) is 0 Å². The van der Waals surface area contributed by atoms with Gasteiger partial charge in [-0.1, -0.05) is 73.7 Å². The van der Waals surface area contributed by atoms with Gasteiger partial charge in [0.05, 0.1) is 6.16 Å². The molecule has 0 aliphatic rings. The van der Waals surface area contributed by atoms with Crippen molar-refractivity contribution in [3.63, 3.8) is 0 Å². The maximum Gasteiger partial charge on any atom is 0.333 e. The van der Waals surface area contributed by atoms with Crippen LogP contribution in [0.25, 0.3) is 10.8 Å². The lowest BCUT2D eigenvalue weighted by atomic mass is 9.85. The first kappa shape index (κ1) is 21.3. The van der Waals surface area contributed by atoms with Crippen LogP contribution in [0, 0.1) is 0 Å². The zero-order valence-corrected chi connectivity index (χ0v) is 17.2. The first-order valence-electron chi connectivity index (χ1n) is 9.61. The zero-order valence-electron chi connectivity index (χ0n) is 16.3. The molecular weight excluding hydrogens is 387 g/mol. The Morgan fingerprint density at radius 2 is 1.66 bits per heavy atom. The van der Waals surface area contributed by atoms with Crippen LogP contribution in [0.5, 0.6) is 0 Å². The molecule has 2 atom stereocenters. The van der Waals surface area contributed by atoms with Crippen LogP contribution >= 0.6 is 7.60 Å². The molecule has 0 aromatic heterocycles. The summed E-state index contributed by atoms with van der Waals surface area (Å²) in [6, 6.07) is 22.5. The van der Waals surface area contributed by atoms with E-state index in [4.69, 9.17) is 4.52 Å². The number of hydrogen-bond acceptors (Lipinski definition) is 3. The van der Waals surface area contributed by atoms with Gasteiger partial charge in [0.25, 0.3) is 0 Å². The average molecular weight is 412 g/mol. The van der Waals surface area contributed by atoms with E-state index < -0.39 is 19.2 Å². The Balaban J connectivity index is 1.99. The van der Waals surface area contributed by atoms with Crippen molar-refractivity contribution in [1.29, 1.82) is 0 Å². The second kappa shape index (κ2) is 8.91. The number of rotatable bonds is 9. The van der Waals surface area contributed by atoms with Crippen molar-refractivity contribution >= 4 is 24.3 Å². The SMILES string of the molecule is CCC(CCC(=O)O)(OP(=O)(O)Cc1ccccc1)c1ccc2ccccc2c1. The van der Waals surface area contributed by atoms with Crippen LogP contribution in [0.15, 0.2) is 72.8 Å². The lowest BCUT2D eigenvalue weighted by Gasteiger charge is -2.35. The third-order valence-electron chi connectivity index (χ3n) is 5.13. The third-order valence-corrected chi connectivity index (χ3v) is 6.53. The summed E-state index contributed by atoms with van der Waals surface area (Å²) < 4.78 is 18.9. The van der Waals surface area contributed by atoms with Crippen LogP contribution in [0.3, 0.4) is 0 Å². The molecule has 29 heavy (non-hydrogen) atoms. The highest BCUT2D eigenvalue weighted by atomic mass is 31.2. The Kier molecular flexibility index (Phi) is 6.53. The quantitative estimate of drug-likeness (QED) is 0.440. The fraction of sp³-hybridized carbons (Fsp3) is 0.261. The van der Waals surface area contributed by atoms with Gasteiger partial charge in [0.2, 0.25) is 0 Å². The van der Waals surface area contributed by atoms with Crippen LogP contribution < -0.4 is 0 Å². The standard InChI is InChI=1S/C23H25O5P/c1-2-23(15-14-22(24)25,21-13-12-19-10-6-7-11-20(19)16-21)28-29(26,27)17-18-8-4-3-5-9-18/h3-13,16H,2,14-15,17H2,1H3,(H,24,25)(H,26,27). The molecule has 152 valence electrons. The molecular formula is C23H25O5P. The summed E-state index contributed by atoms with van der Waals surface area (Å²) in [5.41, 5.74) is 0.240. The highest BCUT2D eigenvalue weighted by molar-refractivity contribution is 7.52. The Hall–Kier alpha value is -2.46. The summed E-state index contributed by atoms with van der Waals surface area (Å²) in [6.45, 7) is 1.85. The molecule has 3 aromatic rings. The van der Waals surface area contributed by atoms with Crippen LogP contribution in [-0.4, -0.2) is 16.0 Å². The average Bonchev–Trinajstić information content (AvgIpc) is 2.71. The van der Waals surface area contributed by atoms with Crippen molar-refractivity contribution < 1.29 is 23.9 Å². The normalized spacial score (nSPS) is 15.5. The molecule has 0 amide bonds. The van der Waals surface area contributed by atoms with E-state index >= 15 is 0 Å². The summed E-state index contributed by atoms with van der Waals surface area (Å²) in [5, 5.41) is 11.2. The monoisotopic (exact) mass is 412 g/mol. The lowest BCUT2D eigenvalue weighted by molar-refractivity contribution is -0.138. The van der Waals surface area contributed by atoms with Crippen molar-refractivity contribution in [2.45, 2.75) is 37.9 Å². The van der Waals surface area contributed by atoms with Gasteiger partial charge in [-0.05, 0) is 40.8 Å². The largest absolute Gasteiger partial charge is 0.481 e. The van der Waals surface area contributed by atoms with E-state index in [1.807, 2.05) is 55.5 Å². The number of aliphatic carboxylic acids is 1. The van der Waals surface area contributed by atoms with E-state index in [1.54, 1.807) is 24.3 Å². The summed E-state index contributed by atoms with van der Waals surface area (Å²) in [5.74, 6) is -0.969. The molecule has 0 saturated heterocycles. The van der Waals surface area contributed by atoms with Gasteiger partial charge >= 0.3 is 13.6 Å². The fourth-order valence-corrected chi connectivity index (χ4v) is 5.20. The minimum Gasteiger partial charge on any atom is -0.481 e. The summed E-state index contributed by atoms with van der Waals surface area (Å²) >= 11 is 0. The maximum absolute atomic E-state index is 13.0. The van der Waals surface area contributed by atoms with Crippen molar-refractivity contribution in [1.82, 2.24) is 0 Å². The molecule has 0 aliphatic heterocycles. The van der Waals surface area contributed by atoms with Gasteiger partial charge in [-0.2, -0.15) is 0 Å². The molecule has 0 radical (unpaired) electrons. The van der Waals surface area contributed by atoms with Crippen molar-refractivity contribution in [3.8, 4) is 0 Å². The lowest BCUT2D eigenvalue weighted by Crippen LogP contribution is -2.29. The summed E-state index contributed by atoms with van der Waals surface area (Å²) in [4.78, 5) is 21.9. The van der Waals surface area contributed by atoms with E-state index in [9.17, 15) is 19.4 Å². The van der Waals surface area contributed by atoms with Crippen LogP contribution in [0.4, 0.5) is 0 Å². The van der Waals surface area contributed by atoms with Gasteiger partial charge in [0, 0.05) is 6.42 Å². The van der Waals surface area contributed by atoms with Crippen molar-refractivity contribution in [3.05, 3.63) is 83.9 Å². The Morgan fingerprint density at radius 3 is 2.31 bits per heavy atom. The minimum atomic E-state index is -4.03. The fourth-order valence-electron chi connectivity index (χ4n) is 3.59. The molecule has 0 bridgehead atoms. The number of carboxylic acids is 1. The number of carbonyl (C=O) groups is 1. The van der Waals surface area contributed by atoms with Gasteiger partial charge in [0.15, 0.2) is 0 Å². The number of fused-ring (bicyclic) bond motifs is 1. The third kappa shape index (κ3) is 5.33. The molecule has 6 heteroatoms. The van der Waals surface area contributed by atoms with E-state index in [0.29, 0.717) is 17.5 Å². The molecule has 0 saturated carbocycles. The van der Waals surface area contributed by atoms with Gasteiger partial charge in [-0.3, -0.25) is 13.9 Å². The minimum absolute atomic E-state index is 0.108. The Bertz CT molecular complexity index is 1030. The van der Waals surface area contributed by atoms with Gasteiger partial charge in [0.1, 0.15) is 5.60 Å². The molecule has 5 nitrogen and oxygen atoms in total. The van der Waals surface area contributed by atoms with Crippen LogP contribution in [0.1, 0.15) is 37.3 Å². The van der Waals surface area contributed by atoms with E-state index in [1.165, 1.54) is 0 Å². The molecule has 0 fully saturated rings. The Labute approximate surface area is 170 Å². The first-order chi connectivity index (χ1) is 13.8. The predicted molar refractivity (Wildman–Crippen MR) is 114 cm³/mol. The Morgan fingerprint density at radius 1 is 1.00 bits per heavy atom. The molecule has 0 spiro atoms. The van der Waals surface area contributed by atoms with Gasteiger partial charge < -0.3 is 10.00 Å². The molecule has 2 N–H and O–H groups in total. The second-order valence-corrected chi connectivity index (χ2v) is 8.95. The van der Waals surface area contributed by atoms with Crippen LogP contribution in [-0.2, 0) is 25.6 Å². The molecule has 0 aliphatic carbocycles. The van der Waals surface area contributed by atoms with E-state index in [0.717, 1.165) is 10.8 Å². The second-order valence-electron chi connectivity index (χ2n) is 7.18. The molecule has 0 heterocycles. The van der Waals surface area contributed by atoms with Crippen molar-refractivity contribution in [2.75, 3.05) is 0 Å². The first-order valence-corrected chi connectivity index (χ1v) is 11.4. The van der Waals surface area contributed by atoms with Crippen LogP contribution in [0.2, 0.25) is 0 Å². The highest BCUT2D eigenvalue weighted by Gasteiger charge is 2.39. The van der Waals surface area contributed by atoms with E-state index in [2.05, 4.69) is 0 Å². The van der Waals surface area contributed by atoms with Gasteiger partial charge in [-0.15, -0.1) is 0 Å². The molecule has 3 aromatic carbocycles. The van der Waals surface area contributed by atoms with Gasteiger partial charge in [-0.25, -0.2) is 0 Å². The zero-order chi connectivity index (χ0) is 20.9. The predicted octanol–water partition coefficient (Wildman–Crippen LogP) is 5.71. The van der Waals surface area contributed by atoms with E-state index in [-0.39, 0.29) is 19.0 Å². The molecule has 3 rings (SSSR count). The topological polar surface area (TPSA) is 83.8 Å². The maximum atomic E-state index is 13.0. The smallest absolute Gasteiger partial charge is 0.333 e.